The summed E-state index contributed by atoms with van der Waals surface area (Å²) in [6, 6.07) is 0. The van der Waals surface area contributed by atoms with Crippen molar-refractivity contribution in [2.24, 2.45) is 0 Å². The van der Waals surface area contributed by atoms with E-state index >= 15 is 0 Å². The fraction of sp³-hybridized carbons (Fsp3) is 1.00. The molecular weight excluding hydrogens is 187 g/mol. The van der Waals surface area contributed by atoms with Crippen LogP contribution in [0.25, 0.3) is 0 Å². The van der Waals surface area contributed by atoms with Gasteiger partial charge in [0.1, 0.15) is 0 Å². The maximum absolute atomic E-state index is 11.6. The molecule has 0 atom stereocenters. The summed E-state index contributed by atoms with van der Waals surface area (Å²) in [6.45, 7) is 0.135. The maximum atomic E-state index is 11.6. The van der Waals surface area contributed by atoms with Crippen LogP contribution in [-0.4, -0.2) is 39.8 Å². The van der Waals surface area contributed by atoms with Gasteiger partial charge in [-0.1, -0.05) is 0 Å². The highest BCUT2D eigenvalue weighted by atomic mass is 19.4. The van der Waals surface area contributed by atoms with Crippen LogP contribution in [0.3, 0.4) is 0 Å². The van der Waals surface area contributed by atoms with E-state index in [0.29, 0.717) is 0 Å². The van der Waals surface area contributed by atoms with Gasteiger partial charge in [0, 0.05) is 27.3 Å². The normalized spacial score (nSPS) is 12.5. The zero-order valence-electron chi connectivity index (χ0n) is 7.65. The molecule has 0 bridgehead atoms. The Hall–Kier alpha value is -0.330. The van der Waals surface area contributed by atoms with Crippen LogP contribution in [0, 0.1) is 0 Å². The molecule has 13 heavy (non-hydrogen) atoms. The fourth-order valence-corrected chi connectivity index (χ4v) is 0.713. The lowest BCUT2D eigenvalue weighted by Crippen LogP contribution is -2.32. The SMILES string of the molecule is COC(CNCCC(F)(F)F)OC. The minimum atomic E-state index is -4.11. The molecule has 0 radical (unpaired) electrons. The number of alkyl halides is 3. The smallest absolute Gasteiger partial charge is 0.355 e. The van der Waals surface area contributed by atoms with Crippen LogP contribution in [0.1, 0.15) is 6.42 Å². The molecule has 1 N–H and O–H groups in total. The lowest BCUT2D eigenvalue weighted by atomic mass is 10.4. The van der Waals surface area contributed by atoms with Gasteiger partial charge in [0.05, 0.1) is 6.42 Å². The standard InChI is InChI=1S/C7H14F3NO2/c1-12-6(13-2)5-11-4-3-7(8,9)10/h6,11H,3-5H2,1-2H3. The molecule has 0 aromatic heterocycles. The van der Waals surface area contributed by atoms with E-state index in [4.69, 9.17) is 9.47 Å². The second-order valence-electron chi connectivity index (χ2n) is 2.47. The van der Waals surface area contributed by atoms with Crippen molar-refractivity contribution in [1.82, 2.24) is 5.32 Å². The monoisotopic (exact) mass is 201 g/mol. The van der Waals surface area contributed by atoms with Crippen molar-refractivity contribution in [2.45, 2.75) is 18.9 Å². The number of hydrogen-bond acceptors (Lipinski definition) is 3. The highest BCUT2D eigenvalue weighted by Gasteiger charge is 2.26. The Morgan fingerprint density at radius 2 is 1.77 bits per heavy atom. The van der Waals surface area contributed by atoms with Gasteiger partial charge in [-0.15, -0.1) is 0 Å². The predicted molar refractivity (Wildman–Crippen MR) is 41.3 cm³/mol. The molecule has 0 unspecified atom stereocenters. The van der Waals surface area contributed by atoms with Crippen molar-refractivity contribution < 1.29 is 22.6 Å². The van der Waals surface area contributed by atoms with Crippen LogP contribution in [0.2, 0.25) is 0 Å². The first-order valence-electron chi connectivity index (χ1n) is 3.82. The predicted octanol–water partition coefficient (Wildman–Crippen LogP) is 1.15. The first-order valence-corrected chi connectivity index (χ1v) is 3.82. The second-order valence-corrected chi connectivity index (χ2v) is 2.47. The van der Waals surface area contributed by atoms with Gasteiger partial charge in [-0.05, 0) is 0 Å². The summed E-state index contributed by atoms with van der Waals surface area (Å²) >= 11 is 0. The quantitative estimate of drug-likeness (QED) is 0.516. The van der Waals surface area contributed by atoms with E-state index in [1.165, 1.54) is 14.2 Å². The van der Waals surface area contributed by atoms with Gasteiger partial charge in [-0.2, -0.15) is 13.2 Å². The third-order valence-electron chi connectivity index (χ3n) is 1.42. The fourth-order valence-electron chi connectivity index (χ4n) is 0.713. The van der Waals surface area contributed by atoms with Gasteiger partial charge in [-0.3, -0.25) is 0 Å². The average Bonchev–Trinajstić information content (AvgIpc) is 2.03. The van der Waals surface area contributed by atoms with E-state index in [1.54, 1.807) is 0 Å². The highest BCUT2D eigenvalue weighted by Crippen LogP contribution is 2.17. The lowest BCUT2D eigenvalue weighted by Gasteiger charge is -2.14. The number of methoxy groups -OCH3 is 2. The molecule has 0 saturated heterocycles. The Morgan fingerprint density at radius 3 is 2.15 bits per heavy atom. The van der Waals surface area contributed by atoms with Crippen LogP contribution in [0.4, 0.5) is 13.2 Å². The third kappa shape index (κ3) is 8.01. The number of halogens is 3. The summed E-state index contributed by atoms with van der Waals surface area (Å²) in [6.07, 6.45) is -5.44. The zero-order valence-corrected chi connectivity index (χ0v) is 7.65. The minimum absolute atomic E-state index is 0.118. The summed E-state index contributed by atoms with van der Waals surface area (Å²) in [5.41, 5.74) is 0. The lowest BCUT2D eigenvalue weighted by molar-refractivity contribution is -0.135. The van der Waals surface area contributed by atoms with Gasteiger partial charge in [0.25, 0.3) is 0 Å². The summed E-state index contributed by atoms with van der Waals surface area (Å²) in [4.78, 5) is 0. The molecular formula is C7H14F3NO2. The van der Waals surface area contributed by atoms with Crippen molar-refractivity contribution in [3.8, 4) is 0 Å². The van der Waals surface area contributed by atoms with Gasteiger partial charge in [0.2, 0.25) is 0 Å². The minimum Gasteiger partial charge on any atom is -0.355 e. The number of hydrogen-bond donors (Lipinski definition) is 1. The molecule has 0 spiro atoms. The van der Waals surface area contributed by atoms with Crippen LogP contribution in [0.15, 0.2) is 0 Å². The van der Waals surface area contributed by atoms with Crippen molar-refractivity contribution in [1.29, 1.82) is 0 Å². The maximum Gasteiger partial charge on any atom is 0.390 e. The van der Waals surface area contributed by atoms with Crippen molar-refractivity contribution >= 4 is 0 Å². The third-order valence-corrected chi connectivity index (χ3v) is 1.42. The van der Waals surface area contributed by atoms with E-state index in [2.05, 4.69) is 5.32 Å². The van der Waals surface area contributed by atoms with Crippen LogP contribution >= 0.6 is 0 Å². The topological polar surface area (TPSA) is 30.5 Å². The van der Waals surface area contributed by atoms with Crippen molar-refractivity contribution in [2.75, 3.05) is 27.3 Å². The van der Waals surface area contributed by atoms with E-state index in [9.17, 15) is 13.2 Å². The van der Waals surface area contributed by atoms with Crippen molar-refractivity contribution in [3.63, 3.8) is 0 Å². The second kappa shape index (κ2) is 6.17. The Balaban J connectivity index is 3.34. The van der Waals surface area contributed by atoms with Crippen LogP contribution in [0.5, 0.6) is 0 Å². The Bertz CT molecular complexity index is 125. The van der Waals surface area contributed by atoms with E-state index < -0.39 is 18.9 Å². The van der Waals surface area contributed by atoms with Gasteiger partial charge < -0.3 is 14.8 Å². The molecule has 0 fully saturated rings. The molecule has 0 amide bonds. The summed E-state index contributed by atoms with van der Waals surface area (Å²) in [7, 11) is 2.86. The molecule has 0 aliphatic rings. The molecule has 0 heterocycles. The van der Waals surface area contributed by atoms with Crippen molar-refractivity contribution in [3.05, 3.63) is 0 Å². The molecule has 6 heteroatoms. The van der Waals surface area contributed by atoms with E-state index in [-0.39, 0.29) is 13.1 Å². The molecule has 80 valence electrons. The number of ether oxygens (including phenoxy) is 2. The summed E-state index contributed by atoms with van der Waals surface area (Å²) in [5.74, 6) is 0. The van der Waals surface area contributed by atoms with Gasteiger partial charge in [-0.25, -0.2) is 0 Å². The largest absolute Gasteiger partial charge is 0.390 e. The summed E-state index contributed by atoms with van der Waals surface area (Å²) in [5, 5.41) is 2.57. The molecule has 3 nitrogen and oxygen atoms in total. The summed E-state index contributed by atoms with van der Waals surface area (Å²) < 4.78 is 44.5. The van der Waals surface area contributed by atoms with Gasteiger partial charge >= 0.3 is 6.18 Å². The van der Waals surface area contributed by atoms with Crippen LogP contribution in [-0.2, 0) is 9.47 Å². The first kappa shape index (κ1) is 12.7. The Kier molecular flexibility index (Phi) is 6.02. The van der Waals surface area contributed by atoms with E-state index in [1.807, 2.05) is 0 Å². The molecule has 0 aromatic carbocycles. The molecule has 0 aliphatic heterocycles. The first-order chi connectivity index (χ1) is 5.99. The Morgan fingerprint density at radius 1 is 1.23 bits per heavy atom. The Labute approximate surface area is 75.2 Å². The number of rotatable bonds is 6. The van der Waals surface area contributed by atoms with Gasteiger partial charge in [0.15, 0.2) is 6.29 Å². The molecule has 0 aromatic rings. The molecule has 0 saturated carbocycles. The highest BCUT2D eigenvalue weighted by molar-refractivity contribution is 4.55. The number of nitrogens with one attached hydrogen (secondary N) is 1. The molecule has 0 aliphatic carbocycles. The molecule has 0 rings (SSSR count). The van der Waals surface area contributed by atoms with Crippen LogP contribution < -0.4 is 5.32 Å². The van der Waals surface area contributed by atoms with E-state index in [0.717, 1.165) is 0 Å². The zero-order chi connectivity index (χ0) is 10.3. The average molecular weight is 201 g/mol.